The van der Waals surface area contributed by atoms with Crippen LogP contribution in [0.1, 0.15) is 24.8 Å². The highest BCUT2D eigenvalue weighted by Gasteiger charge is 2.26. The molecular weight excluding hydrogens is 220 g/mol. The number of benzene rings is 1. The van der Waals surface area contributed by atoms with Gasteiger partial charge in [-0.15, -0.1) is 13.2 Å². The van der Waals surface area contributed by atoms with E-state index in [1.165, 1.54) is 0 Å². The molecular formula is C14H17ClO. The lowest BCUT2D eigenvalue weighted by Crippen LogP contribution is -2.24. The van der Waals surface area contributed by atoms with Gasteiger partial charge in [-0.05, 0) is 37.0 Å². The van der Waals surface area contributed by atoms with Crippen molar-refractivity contribution in [1.82, 2.24) is 0 Å². The number of aliphatic hydroxyl groups is 1. The predicted octanol–water partition coefficient (Wildman–Crippen LogP) is 4.07. The maximum atomic E-state index is 10.5. The van der Waals surface area contributed by atoms with Crippen molar-refractivity contribution in [2.45, 2.75) is 24.9 Å². The molecule has 16 heavy (non-hydrogen) atoms. The van der Waals surface area contributed by atoms with Crippen LogP contribution in [0.5, 0.6) is 0 Å². The van der Waals surface area contributed by atoms with Crippen LogP contribution in [-0.4, -0.2) is 5.11 Å². The van der Waals surface area contributed by atoms with E-state index in [9.17, 15) is 5.11 Å². The number of halogens is 1. The van der Waals surface area contributed by atoms with Crippen LogP contribution in [0, 0.1) is 0 Å². The molecule has 0 saturated heterocycles. The summed E-state index contributed by atoms with van der Waals surface area (Å²) in [5.41, 5.74) is 0.0132. The van der Waals surface area contributed by atoms with Gasteiger partial charge in [0.05, 0.1) is 5.60 Å². The van der Waals surface area contributed by atoms with Crippen LogP contribution in [0.3, 0.4) is 0 Å². The zero-order valence-corrected chi connectivity index (χ0v) is 10.1. The van der Waals surface area contributed by atoms with Gasteiger partial charge in [-0.25, -0.2) is 0 Å². The molecule has 1 unspecified atom stereocenters. The Bertz CT molecular complexity index is 356. The van der Waals surface area contributed by atoms with Gasteiger partial charge in [-0.2, -0.15) is 0 Å². The molecule has 0 radical (unpaired) electrons. The fourth-order valence-electron chi connectivity index (χ4n) is 1.70. The Hall–Kier alpha value is -1.05. The molecule has 1 rings (SSSR count). The average Bonchev–Trinajstić information content (AvgIpc) is 2.27. The summed E-state index contributed by atoms with van der Waals surface area (Å²) in [7, 11) is 0. The van der Waals surface area contributed by atoms with E-state index >= 15 is 0 Å². The third kappa shape index (κ3) is 3.22. The highest BCUT2D eigenvalue weighted by molar-refractivity contribution is 6.30. The molecule has 2 heteroatoms. The molecule has 1 nitrogen and oxygen atoms in total. The van der Waals surface area contributed by atoms with Gasteiger partial charge in [-0.1, -0.05) is 35.9 Å². The molecule has 0 aliphatic rings. The van der Waals surface area contributed by atoms with E-state index in [0.717, 1.165) is 12.0 Å². The number of hydrogen-bond acceptors (Lipinski definition) is 1. The Morgan fingerprint density at radius 3 is 2.31 bits per heavy atom. The van der Waals surface area contributed by atoms with Gasteiger partial charge in [0.2, 0.25) is 0 Å². The van der Waals surface area contributed by atoms with Crippen LogP contribution in [0.25, 0.3) is 0 Å². The highest BCUT2D eigenvalue weighted by Crippen LogP contribution is 2.31. The van der Waals surface area contributed by atoms with Gasteiger partial charge in [0.25, 0.3) is 0 Å². The maximum absolute atomic E-state index is 10.5. The summed E-state index contributed by atoms with van der Waals surface area (Å²) in [6.07, 6.45) is 5.49. The smallest absolute Gasteiger partial charge is 0.0933 e. The summed E-state index contributed by atoms with van der Waals surface area (Å²) in [6, 6.07) is 7.29. The van der Waals surface area contributed by atoms with E-state index in [-0.39, 0.29) is 0 Å². The Labute approximate surface area is 102 Å². The van der Waals surface area contributed by atoms with E-state index in [2.05, 4.69) is 13.2 Å². The van der Waals surface area contributed by atoms with Gasteiger partial charge in [0, 0.05) is 5.02 Å². The summed E-state index contributed by atoms with van der Waals surface area (Å²) in [5, 5.41) is 11.2. The van der Waals surface area contributed by atoms with Crippen molar-refractivity contribution in [3.63, 3.8) is 0 Å². The van der Waals surface area contributed by atoms with Crippen LogP contribution in [0.4, 0.5) is 0 Å². The Morgan fingerprint density at radius 1 is 1.19 bits per heavy atom. The largest absolute Gasteiger partial charge is 0.385 e. The van der Waals surface area contributed by atoms with Gasteiger partial charge in [0.15, 0.2) is 0 Å². The van der Waals surface area contributed by atoms with E-state index in [4.69, 9.17) is 11.6 Å². The van der Waals surface area contributed by atoms with Crippen molar-refractivity contribution >= 4 is 11.6 Å². The van der Waals surface area contributed by atoms with Crippen LogP contribution < -0.4 is 0 Å². The zero-order valence-electron chi connectivity index (χ0n) is 9.32. The van der Waals surface area contributed by atoms with Crippen molar-refractivity contribution < 1.29 is 5.11 Å². The van der Waals surface area contributed by atoms with Gasteiger partial charge in [-0.3, -0.25) is 0 Å². The monoisotopic (exact) mass is 236 g/mol. The molecule has 86 valence electrons. The standard InChI is InChI=1S/C14H17ClO/c1-3-5-11-14(16,10-4-2)12-6-8-13(15)9-7-12/h3-4,6-9,16H,1-2,5,10-11H2. The Balaban J connectivity index is 2.94. The summed E-state index contributed by atoms with van der Waals surface area (Å²) in [6.45, 7) is 7.36. The summed E-state index contributed by atoms with van der Waals surface area (Å²) in [4.78, 5) is 0. The number of rotatable bonds is 6. The predicted molar refractivity (Wildman–Crippen MR) is 69.6 cm³/mol. The van der Waals surface area contributed by atoms with Crippen LogP contribution in [0.15, 0.2) is 49.6 Å². The molecule has 0 amide bonds. The summed E-state index contributed by atoms with van der Waals surface area (Å²) in [5.74, 6) is 0. The summed E-state index contributed by atoms with van der Waals surface area (Å²) >= 11 is 5.83. The molecule has 1 aromatic carbocycles. The van der Waals surface area contributed by atoms with E-state index < -0.39 is 5.60 Å². The molecule has 0 aliphatic carbocycles. The SMILES string of the molecule is C=CCCC(O)(CC=C)c1ccc(Cl)cc1. The second-order valence-corrected chi connectivity index (χ2v) is 4.30. The molecule has 0 spiro atoms. The average molecular weight is 237 g/mol. The van der Waals surface area contributed by atoms with Crippen molar-refractivity contribution in [3.05, 3.63) is 60.2 Å². The zero-order chi connectivity index (χ0) is 12.0. The van der Waals surface area contributed by atoms with E-state index in [1.54, 1.807) is 18.2 Å². The van der Waals surface area contributed by atoms with Gasteiger partial charge < -0.3 is 5.11 Å². The molecule has 0 bridgehead atoms. The highest BCUT2D eigenvalue weighted by atomic mass is 35.5. The lowest BCUT2D eigenvalue weighted by molar-refractivity contribution is 0.0315. The second kappa shape index (κ2) is 5.88. The van der Waals surface area contributed by atoms with Crippen molar-refractivity contribution in [3.8, 4) is 0 Å². The van der Waals surface area contributed by atoms with E-state index in [0.29, 0.717) is 17.9 Å². The van der Waals surface area contributed by atoms with Crippen molar-refractivity contribution in [2.75, 3.05) is 0 Å². The van der Waals surface area contributed by atoms with Crippen LogP contribution in [-0.2, 0) is 5.60 Å². The molecule has 0 saturated carbocycles. The lowest BCUT2D eigenvalue weighted by Gasteiger charge is -2.27. The van der Waals surface area contributed by atoms with E-state index in [1.807, 2.05) is 18.2 Å². The van der Waals surface area contributed by atoms with Crippen LogP contribution in [0.2, 0.25) is 5.02 Å². The topological polar surface area (TPSA) is 20.2 Å². The number of hydrogen-bond donors (Lipinski definition) is 1. The molecule has 0 fully saturated rings. The molecule has 0 aromatic heterocycles. The molecule has 0 aliphatic heterocycles. The Kier molecular flexibility index (Phi) is 4.78. The Morgan fingerprint density at radius 2 is 1.81 bits per heavy atom. The fraction of sp³-hybridized carbons (Fsp3) is 0.286. The van der Waals surface area contributed by atoms with Crippen molar-refractivity contribution in [2.24, 2.45) is 0 Å². The van der Waals surface area contributed by atoms with Crippen molar-refractivity contribution in [1.29, 1.82) is 0 Å². The summed E-state index contributed by atoms with van der Waals surface area (Å²) < 4.78 is 0. The van der Waals surface area contributed by atoms with Crippen LogP contribution >= 0.6 is 11.6 Å². The maximum Gasteiger partial charge on any atom is 0.0933 e. The minimum atomic E-state index is -0.861. The first kappa shape index (κ1) is 13.0. The first-order valence-corrected chi connectivity index (χ1v) is 5.70. The lowest BCUT2D eigenvalue weighted by atomic mass is 9.86. The quantitative estimate of drug-likeness (QED) is 0.739. The molecule has 1 atom stereocenters. The van der Waals surface area contributed by atoms with Gasteiger partial charge >= 0.3 is 0 Å². The molecule has 1 aromatic rings. The minimum absolute atomic E-state index is 0.530. The third-order valence-corrected chi connectivity index (χ3v) is 2.88. The first-order valence-electron chi connectivity index (χ1n) is 5.32. The van der Waals surface area contributed by atoms with Gasteiger partial charge in [0.1, 0.15) is 0 Å². The molecule has 1 N–H and O–H groups in total. The normalized spacial score (nSPS) is 14.1. The second-order valence-electron chi connectivity index (χ2n) is 3.86. The molecule has 0 heterocycles. The third-order valence-electron chi connectivity index (χ3n) is 2.63. The first-order chi connectivity index (χ1) is 7.62. The number of allylic oxidation sites excluding steroid dienone is 1. The minimum Gasteiger partial charge on any atom is -0.385 e. The fourth-order valence-corrected chi connectivity index (χ4v) is 1.83.